The van der Waals surface area contributed by atoms with Gasteiger partial charge in [-0.3, -0.25) is 19.0 Å². The van der Waals surface area contributed by atoms with E-state index in [4.69, 9.17) is 5.73 Å². The van der Waals surface area contributed by atoms with Crippen molar-refractivity contribution in [3.63, 3.8) is 0 Å². The summed E-state index contributed by atoms with van der Waals surface area (Å²) in [6, 6.07) is -0.0522. The number of nitrogens with one attached hydrogen (secondary N) is 1. The van der Waals surface area contributed by atoms with Gasteiger partial charge in [-0.1, -0.05) is 20.8 Å². The first-order valence-corrected chi connectivity index (χ1v) is 8.16. The van der Waals surface area contributed by atoms with E-state index < -0.39 is 51.4 Å². The third kappa shape index (κ3) is 3.02. The van der Waals surface area contributed by atoms with Gasteiger partial charge in [-0.05, 0) is 18.3 Å². The SMILES string of the molecule is CC(C)(C)Cn1c(=O)c(C(=O)NC2CC2)c(O)n2nc(C(N)=O)c(F)c12. The lowest BCUT2D eigenvalue weighted by atomic mass is 9.97. The van der Waals surface area contributed by atoms with Crippen molar-refractivity contribution in [3.05, 3.63) is 27.4 Å². The van der Waals surface area contributed by atoms with Crippen LogP contribution in [0.2, 0.25) is 0 Å². The van der Waals surface area contributed by atoms with E-state index in [2.05, 4.69) is 10.4 Å². The molecule has 26 heavy (non-hydrogen) atoms. The first kappa shape index (κ1) is 17.9. The van der Waals surface area contributed by atoms with Gasteiger partial charge in [0.2, 0.25) is 5.88 Å². The molecule has 2 aromatic rings. The summed E-state index contributed by atoms with van der Waals surface area (Å²) in [6.07, 6.45) is 1.57. The number of aromatic hydroxyl groups is 1. The minimum atomic E-state index is -1.15. The molecule has 1 fully saturated rings. The molecule has 2 heterocycles. The molecule has 0 spiro atoms. The molecule has 1 saturated carbocycles. The van der Waals surface area contributed by atoms with Crippen molar-refractivity contribution < 1.29 is 19.1 Å². The van der Waals surface area contributed by atoms with Crippen LogP contribution >= 0.6 is 0 Å². The normalized spacial score (nSPS) is 14.6. The molecule has 9 nitrogen and oxygen atoms in total. The van der Waals surface area contributed by atoms with Gasteiger partial charge in [0.25, 0.3) is 17.4 Å². The highest BCUT2D eigenvalue weighted by Crippen LogP contribution is 2.25. The van der Waals surface area contributed by atoms with E-state index in [0.717, 1.165) is 17.4 Å². The number of nitrogens with zero attached hydrogens (tertiary/aromatic N) is 3. The van der Waals surface area contributed by atoms with Crippen LogP contribution in [-0.2, 0) is 6.54 Å². The third-order valence-electron chi connectivity index (χ3n) is 3.95. The molecule has 0 atom stereocenters. The summed E-state index contributed by atoms with van der Waals surface area (Å²) < 4.78 is 16.3. The Bertz CT molecular complexity index is 981. The summed E-state index contributed by atoms with van der Waals surface area (Å²) in [5.74, 6) is -3.87. The molecular weight excluding hydrogens is 345 g/mol. The lowest BCUT2D eigenvalue weighted by molar-refractivity contribution is 0.0943. The molecule has 0 aliphatic heterocycles. The Morgan fingerprint density at radius 2 is 2.00 bits per heavy atom. The lowest BCUT2D eigenvalue weighted by Gasteiger charge is -2.21. The van der Waals surface area contributed by atoms with Crippen LogP contribution in [0.15, 0.2) is 4.79 Å². The molecule has 0 unspecified atom stereocenters. The van der Waals surface area contributed by atoms with Gasteiger partial charge >= 0.3 is 0 Å². The maximum Gasteiger partial charge on any atom is 0.272 e. The van der Waals surface area contributed by atoms with Gasteiger partial charge in [-0.25, -0.2) is 4.39 Å². The van der Waals surface area contributed by atoms with Gasteiger partial charge in [0.1, 0.15) is 0 Å². The number of hydrogen-bond donors (Lipinski definition) is 3. The number of halogens is 1. The number of amides is 2. The van der Waals surface area contributed by atoms with E-state index in [1.165, 1.54) is 0 Å². The lowest BCUT2D eigenvalue weighted by Crippen LogP contribution is -2.37. The topological polar surface area (TPSA) is 132 Å². The number of hydrogen-bond acceptors (Lipinski definition) is 5. The van der Waals surface area contributed by atoms with E-state index in [1.807, 2.05) is 20.8 Å². The van der Waals surface area contributed by atoms with Crippen LogP contribution in [0, 0.1) is 11.2 Å². The Morgan fingerprint density at radius 1 is 1.38 bits per heavy atom. The zero-order valence-electron chi connectivity index (χ0n) is 14.7. The van der Waals surface area contributed by atoms with E-state index in [1.54, 1.807) is 0 Å². The van der Waals surface area contributed by atoms with Gasteiger partial charge in [-0.15, -0.1) is 0 Å². The van der Waals surface area contributed by atoms with E-state index >= 15 is 0 Å². The van der Waals surface area contributed by atoms with Crippen LogP contribution in [0.5, 0.6) is 5.88 Å². The van der Waals surface area contributed by atoms with Crippen molar-refractivity contribution in [3.8, 4) is 5.88 Å². The van der Waals surface area contributed by atoms with Crippen LogP contribution in [0.25, 0.3) is 5.65 Å². The first-order chi connectivity index (χ1) is 12.0. The van der Waals surface area contributed by atoms with Gasteiger partial charge in [-0.2, -0.15) is 9.61 Å². The molecule has 0 bridgehead atoms. The maximum absolute atomic E-state index is 14.7. The summed E-state index contributed by atoms with van der Waals surface area (Å²) in [7, 11) is 0. The predicted molar refractivity (Wildman–Crippen MR) is 89.5 cm³/mol. The molecule has 0 saturated heterocycles. The molecule has 2 amide bonds. The highest BCUT2D eigenvalue weighted by atomic mass is 19.1. The zero-order chi connectivity index (χ0) is 19.4. The smallest absolute Gasteiger partial charge is 0.272 e. The Morgan fingerprint density at radius 3 is 2.50 bits per heavy atom. The summed E-state index contributed by atoms with van der Waals surface area (Å²) in [5.41, 5.74) is 2.10. The molecule has 1 aliphatic carbocycles. The molecule has 1 aliphatic rings. The quantitative estimate of drug-likeness (QED) is 0.721. The zero-order valence-corrected chi connectivity index (χ0v) is 14.7. The summed E-state index contributed by atoms with van der Waals surface area (Å²) in [5, 5.41) is 16.7. The van der Waals surface area contributed by atoms with Crippen molar-refractivity contribution in [2.24, 2.45) is 11.1 Å². The van der Waals surface area contributed by atoms with E-state index in [9.17, 15) is 23.9 Å². The van der Waals surface area contributed by atoms with Crippen molar-refractivity contribution in [1.82, 2.24) is 19.5 Å². The van der Waals surface area contributed by atoms with Crippen LogP contribution in [0.3, 0.4) is 0 Å². The molecule has 0 aromatic carbocycles. The van der Waals surface area contributed by atoms with Crippen molar-refractivity contribution in [1.29, 1.82) is 0 Å². The van der Waals surface area contributed by atoms with Gasteiger partial charge in [0.05, 0.1) is 0 Å². The van der Waals surface area contributed by atoms with Crippen molar-refractivity contribution in [2.45, 2.75) is 46.2 Å². The number of aromatic nitrogens is 3. The molecule has 140 valence electrons. The molecular formula is C16H20FN5O4. The standard InChI is InChI=1S/C16H20FN5O4/c1-16(2,3)6-21-13-9(17)10(11(18)23)20-22(13)15(26)8(14(21)25)12(24)19-7-4-5-7/h7,26H,4-6H2,1-3H3,(H2,18,23)(H,19,24). The fourth-order valence-electron chi connectivity index (χ4n) is 2.67. The largest absolute Gasteiger partial charge is 0.492 e. The average Bonchev–Trinajstić information content (AvgIpc) is 3.23. The van der Waals surface area contributed by atoms with Crippen molar-refractivity contribution >= 4 is 17.5 Å². The monoisotopic (exact) mass is 365 g/mol. The van der Waals surface area contributed by atoms with Gasteiger partial charge in [0, 0.05) is 12.6 Å². The van der Waals surface area contributed by atoms with E-state index in [0.29, 0.717) is 4.52 Å². The highest BCUT2D eigenvalue weighted by Gasteiger charge is 2.32. The Hall–Kier alpha value is -2.91. The Kier molecular flexibility index (Phi) is 4.01. The number of nitrogens with two attached hydrogens (primary N) is 1. The number of carbonyl (C=O) groups is 2. The van der Waals surface area contributed by atoms with Crippen molar-refractivity contribution in [2.75, 3.05) is 0 Å². The average molecular weight is 365 g/mol. The van der Waals surface area contributed by atoms with Gasteiger partial charge in [0.15, 0.2) is 22.7 Å². The second-order valence-electron chi connectivity index (χ2n) is 7.66. The number of carbonyl (C=O) groups excluding carboxylic acids is 2. The summed E-state index contributed by atoms with van der Waals surface area (Å²) >= 11 is 0. The third-order valence-corrected chi connectivity index (χ3v) is 3.95. The Balaban J connectivity index is 2.33. The molecule has 4 N–H and O–H groups in total. The highest BCUT2D eigenvalue weighted by molar-refractivity contribution is 5.97. The fraction of sp³-hybridized carbons (Fsp3) is 0.500. The second kappa shape index (κ2) is 5.82. The fourth-order valence-corrected chi connectivity index (χ4v) is 2.67. The van der Waals surface area contributed by atoms with E-state index in [-0.39, 0.29) is 12.6 Å². The summed E-state index contributed by atoms with van der Waals surface area (Å²) in [6.45, 7) is 5.47. The first-order valence-electron chi connectivity index (χ1n) is 8.16. The second-order valence-corrected chi connectivity index (χ2v) is 7.66. The number of fused-ring (bicyclic) bond motifs is 1. The van der Waals surface area contributed by atoms with Crippen LogP contribution < -0.4 is 16.6 Å². The predicted octanol–water partition coefficient (Wildman–Crippen LogP) is 0.378. The van der Waals surface area contributed by atoms with Crippen LogP contribution in [0.4, 0.5) is 4.39 Å². The van der Waals surface area contributed by atoms with Gasteiger partial charge < -0.3 is 16.2 Å². The summed E-state index contributed by atoms with van der Waals surface area (Å²) in [4.78, 5) is 36.7. The van der Waals surface area contributed by atoms with Crippen LogP contribution in [0.1, 0.15) is 54.5 Å². The number of rotatable bonds is 4. The van der Waals surface area contributed by atoms with Crippen LogP contribution in [-0.4, -0.2) is 37.1 Å². The Labute approximate surface area is 147 Å². The molecule has 10 heteroatoms. The molecule has 2 aromatic heterocycles. The molecule has 3 rings (SSSR count). The molecule has 0 radical (unpaired) electrons. The minimum absolute atomic E-state index is 0.0279. The minimum Gasteiger partial charge on any atom is -0.492 e. The maximum atomic E-state index is 14.7. The number of primary amides is 1.